The Kier molecular flexibility index (Phi) is 39.1. The van der Waals surface area contributed by atoms with E-state index in [0.29, 0.717) is 13.0 Å². The van der Waals surface area contributed by atoms with Gasteiger partial charge in [0.2, 0.25) is 0 Å². The van der Waals surface area contributed by atoms with Crippen LogP contribution in [0.5, 0.6) is 0 Å². The van der Waals surface area contributed by atoms with E-state index in [-0.39, 0.29) is 12.1 Å². The number of hydrogen-bond acceptors (Lipinski definition) is 3. The molecule has 0 aromatic rings. The molecule has 0 aromatic heterocycles. The summed E-state index contributed by atoms with van der Waals surface area (Å²) in [5.41, 5.74) is 0. The summed E-state index contributed by atoms with van der Waals surface area (Å²) in [6.07, 6.45) is 47.9. The van der Waals surface area contributed by atoms with Crippen molar-refractivity contribution in [3.63, 3.8) is 0 Å². The maximum absolute atomic E-state index is 12.0. The molecule has 45 heavy (non-hydrogen) atoms. The van der Waals surface area contributed by atoms with Crippen molar-refractivity contribution >= 4 is 5.97 Å². The van der Waals surface area contributed by atoms with Gasteiger partial charge in [0, 0.05) is 6.42 Å². The molecule has 0 saturated heterocycles. The molecule has 0 aromatic carbocycles. The topological polar surface area (TPSA) is 46.5 Å². The van der Waals surface area contributed by atoms with E-state index >= 15 is 0 Å². The second-order valence-electron chi connectivity index (χ2n) is 14.5. The first kappa shape index (κ1) is 44.4. The predicted octanol–water partition coefficient (Wildman–Crippen LogP) is 14.4. The van der Waals surface area contributed by atoms with Crippen LogP contribution in [0, 0.1) is 0 Å². The second kappa shape index (κ2) is 39.6. The summed E-state index contributed by atoms with van der Waals surface area (Å²) in [5.74, 6) is 0.0129. The summed E-state index contributed by atoms with van der Waals surface area (Å²) in [4.78, 5) is 12.0. The van der Waals surface area contributed by atoms with Gasteiger partial charge in [-0.2, -0.15) is 0 Å². The third-order valence-electron chi connectivity index (χ3n) is 9.82. The molecule has 0 bridgehead atoms. The molecule has 0 radical (unpaired) electrons. The van der Waals surface area contributed by atoms with Crippen LogP contribution in [0.2, 0.25) is 0 Å². The third-order valence-corrected chi connectivity index (χ3v) is 9.82. The molecule has 0 spiro atoms. The third kappa shape index (κ3) is 39.5. The Morgan fingerprint density at radius 3 is 1.02 bits per heavy atom. The van der Waals surface area contributed by atoms with Crippen LogP contribution in [0.3, 0.4) is 0 Å². The lowest BCUT2D eigenvalue weighted by atomic mass is 10.0. The largest absolute Gasteiger partial charge is 0.466 e. The fraction of sp³-hybridized carbons (Fsp3) is 0.976. The molecule has 1 N–H and O–H groups in total. The van der Waals surface area contributed by atoms with Crippen LogP contribution in [-0.4, -0.2) is 23.8 Å². The average molecular weight is 637 g/mol. The zero-order valence-corrected chi connectivity index (χ0v) is 31.2. The Labute approximate surface area is 284 Å². The summed E-state index contributed by atoms with van der Waals surface area (Å²) in [5, 5.41) is 10.1. The molecule has 0 fully saturated rings. The number of carbonyl (C=O) groups excluding carboxylic acids is 1. The Morgan fingerprint density at radius 1 is 0.400 bits per heavy atom. The standard InChI is InChI=1S/C42H84O3/c1-3-5-7-9-10-11-12-13-14-15-16-17-18-19-20-21-22-25-28-31-35-39-42(44)45-40-36-32-29-26-23-24-27-30-34-38-41(43)37-33-8-6-4-2/h41,43H,3-40H2,1-2H3. The number of aliphatic hydroxyl groups excluding tert-OH is 1. The van der Waals surface area contributed by atoms with E-state index in [2.05, 4.69) is 13.8 Å². The number of unbranched alkanes of at least 4 members (excludes halogenated alkanes) is 31. The van der Waals surface area contributed by atoms with Crippen molar-refractivity contribution in [1.29, 1.82) is 0 Å². The monoisotopic (exact) mass is 637 g/mol. The van der Waals surface area contributed by atoms with Crippen LogP contribution in [0.1, 0.15) is 251 Å². The van der Waals surface area contributed by atoms with Crippen LogP contribution >= 0.6 is 0 Å². The highest BCUT2D eigenvalue weighted by Gasteiger charge is 2.04. The van der Waals surface area contributed by atoms with Gasteiger partial charge in [-0.25, -0.2) is 0 Å². The van der Waals surface area contributed by atoms with E-state index in [1.807, 2.05) is 0 Å². The minimum atomic E-state index is -0.0701. The molecule has 0 aliphatic heterocycles. The molecule has 1 unspecified atom stereocenters. The first-order valence-corrected chi connectivity index (χ1v) is 21.0. The normalized spacial score (nSPS) is 12.2. The van der Waals surface area contributed by atoms with E-state index in [0.717, 1.165) is 25.7 Å². The highest BCUT2D eigenvalue weighted by molar-refractivity contribution is 5.69. The molecule has 0 amide bonds. The molecular weight excluding hydrogens is 552 g/mol. The first-order chi connectivity index (χ1) is 22.2. The fourth-order valence-electron chi connectivity index (χ4n) is 6.63. The van der Waals surface area contributed by atoms with Gasteiger partial charge in [0.05, 0.1) is 12.7 Å². The van der Waals surface area contributed by atoms with E-state index in [9.17, 15) is 9.90 Å². The second-order valence-corrected chi connectivity index (χ2v) is 14.5. The van der Waals surface area contributed by atoms with Gasteiger partial charge in [-0.15, -0.1) is 0 Å². The van der Waals surface area contributed by atoms with Gasteiger partial charge in [0.1, 0.15) is 0 Å². The van der Waals surface area contributed by atoms with Crippen molar-refractivity contribution in [3.05, 3.63) is 0 Å². The van der Waals surface area contributed by atoms with Crippen LogP contribution in [0.25, 0.3) is 0 Å². The summed E-state index contributed by atoms with van der Waals surface area (Å²) in [6.45, 7) is 5.14. The van der Waals surface area contributed by atoms with Crippen molar-refractivity contribution in [2.45, 2.75) is 258 Å². The molecule has 3 nitrogen and oxygen atoms in total. The lowest BCUT2D eigenvalue weighted by Crippen LogP contribution is -2.05. The number of esters is 1. The lowest BCUT2D eigenvalue weighted by Gasteiger charge is -2.10. The van der Waals surface area contributed by atoms with Crippen LogP contribution in [0.15, 0.2) is 0 Å². The van der Waals surface area contributed by atoms with Crippen molar-refractivity contribution in [3.8, 4) is 0 Å². The average Bonchev–Trinajstić information content (AvgIpc) is 3.04. The molecule has 1 atom stereocenters. The number of carbonyl (C=O) groups is 1. The Balaban J connectivity index is 3.18. The SMILES string of the molecule is CCCCCCCCCCCCCCCCCCCCCCCC(=O)OCCCCCCCCCCCC(O)CCCCCC. The number of rotatable bonds is 39. The highest BCUT2D eigenvalue weighted by Crippen LogP contribution is 2.17. The van der Waals surface area contributed by atoms with E-state index in [1.54, 1.807) is 0 Å². The maximum Gasteiger partial charge on any atom is 0.305 e. The Bertz CT molecular complexity index is 548. The van der Waals surface area contributed by atoms with Crippen LogP contribution < -0.4 is 0 Å². The molecule has 0 heterocycles. The minimum Gasteiger partial charge on any atom is -0.466 e. The van der Waals surface area contributed by atoms with E-state index in [4.69, 9.17) is 4.74 Å². The summed E-state index contributed by atoms with van der Waals surface area (Å²) in [6, 6.07) is 0. The van der Waals surface area contributed by atoms with E-state index in [1.165, 1.54) is 205 Å². The van der Waals surface area contributed by atoms with Gasteiger partial charge in [-0.3, -0.25) is 4.79 Å². The van der Waals surface area contributed by atoms with Crippen LogP contribution in [-0.2, 0) is 9.53 Å². The smallest absolute Gasteiger partial charge is 0.305 e. The molecule has 0 rings (SSSR count). The van der Waals surface area contributed by atoms with Crippen molar-refractivity contribution in [2.75, 3.05) is 6.61 Å². The van der Waals surface area contributed by atoms with Gasteiger partial charge >= 0.3 is 5.97 Å². The van der Waals surface area contributed by atoms with Crippen LogP contribution in [0.4, 0.5) is 0 Å². The molecule has 0 aliphatic carbocycles. The zero-order valence-electron chi connectivity index (χ0n) is 31.2. The van der Waals surface area contributed by atoms with Crippen molar-refractivity contribution in [1.82, 2.24) is 0 Å². The molecule has 0 saturated carbocycles. The number of ether oxygens (including phenoxy) is 1. The highest BCUT2D eigenvalue weighted by atomic mass is 16.5. The Hall–Kier alpha value is -0.570. The van der Waals surface area contributed by atoms with Gasteiger partial charge in [0.15, 0.2) is 0 Å². The molecule has 0 aliphatic rings. The molecular formula is C42H84O3. The number of aliphatic hydroxyl groups is 1. The minimum absolute atomic E-state index is 0.0129. The Morgan fingerprint density at radius 2 is 0.667 bits per heavy atom. The molecule has 270 valence electrons. The number of hydrogen-bond donors (Lipinski definition) is 1. The summed E-state index contributed by atoms with van der Waals surface area (Å²) >= 11 is 0. The van der Waals surface area contributed by atoms with E-state index < -0.39 is 0 Å². The quantitative estimate of drug-likeness (QED) is 0.0539. The zero-order chi connectivity index (χ0) is 32.7. The van der Waals surface area contributed by atoms with Gasteiger partial charge in [-0.1, -0.05) is 219 Å². The molecule has 3 heteroatoms. The van der Waals surface area contributed by atoms with Gasteiger partial charge < -0.3 is 9.84 Å². The predicted molar refractivity (Wildman–Crippen MR) is 199 cm³/mol. The lowest BCUT2D eigenvalue weighted by molar-refractivity contribution is -0.143. The fourth-order valence-corrected chi connectivity index (χ4v) is 6.63. The first-order valence-electron chi connectivity index (χ1n) is 21.0. The summed E-state index contributed by atoms with van der Waals surface area (Å²) < 4.78 is 5.45. The maximum atomic E-state index is 12.0. The van der Waals surface area contributed by atoms with Crippen molar-refractivity contribution in [2.24, 2.45) is 0 Å². The van der Waals surface area contributed by atoms with Gasteiger partial charge in [0.25, 0.3) is 0 Å². The van der Waals surface area contributed by atoms with Crippen molar-refractivity contribution < 1.29 is 14.6 Å². The van der Waals surface area contributed by atoms with Gasteiger partial charge in [-0.05, 0) is 25.7 Å². The summed E-state index contributed by atoms with van der Waals surface area (Å²) in [7, 11) is 0.